The third kappa shape index (κ3) is 2.71. The van der Waals surface area contributed by atoms with Crippen LogP contribution in [0.1, 0.15) is 11.4 Å². The number of imidazole rings is 1. The van der Waals surface area contributed by atoms with Gasteiger partial charge in [-0.15, -0.1) is 0 Å². The van der Waals surface area contributed by atoms with Crippen LogP contribution in [0.25, 0.3) is 0 Å². The van der Waals surface area contributed by atoms with E-state index >= 15 is 0 Å². The molecule has 0 aliphatic rings. The summed E-state index contributed by atoms with van der Waals surface area (Å²) < 4.78 is 39.2. The second kappa shape index (κ2) is 4.70. The topological polar surface area (TPSA) is 98.6 Å². The van der Waals surface area contributed by atoms with E-state index in [0.29, 0.717) is 5.82 Å². The molecule has 2 aromatic rings. The van der Waals surface area contributed by atoms with Crippen LogP contribution in [0.3, 0.4) is 0 Å². The first-order valence-electron chi connectivity index (χ1n) is 5.16. The molecule has 0 radical (unpaired) electrons. The van der Waals surface area contributed by atoms with Gasteiger partial charge in [0.25, 0.3) is 10.0 Å². The van der Waals surface area contributed by atoms with Crippen LogP contribution in [0.5, 0.6) is 0 Å². The third-order valence-electron chi connectivity index (χ3n) is 2.31. The largest absolute Gasteiger partial charge is 0.332 e. The lowest BCUT2D eigenvalue weighted by atomic mass is 10.2. The summed E-state index contributed by atoms with van der Waals surface area (Å²) in [5.74, 6) is -0.250. The fourth-order valence-corrected chi connectivity index (χ4v) is 2.44. The number of hydrogen-bond acceptors (Lipinski definition) is 4. The molecular weight excluding hydrogens is 271 g/mol. The predicted octanol–water partition coefficient (Wildman–Crippen LogP) is 1.53. The number of nitrogens with one attached hydrogen (secondary N) is 2. The Hall–Kier alpha value is -2.40. The Morgan fingerprint density at radius 2 is 2.21 bits per heavy atom. The number of H-pyrrole nitrogens is 1. The Labute approximate surface area is 109 Å². The first-order chi connectivity index (χ1) is 8.92. The van der Waals surface area contributed by atoms with Crippen molar-refractivity contribution in [2.45, 2.75) is 11.9 Å². The SMILES string of the molecule is Cc1ncc(S(=O)(=O)Nc2ccc(F)c(C#N)c2)[nH]1. The summed E-state index contributed by atoms with van der Waals surface area (Å²) in [5, 5.41) is 8.57. The average molecular weight is 280 g/mol. The van der Waals surface area contributed by atoms with Gasteiger partial charge in [-0.1, -0.05) is 0 Å². The molecule has 0 spiro atoms. The average Bonchev–Trinajstić information content (AvgIpc) is 2.79. The van der Waals surface area contributed by atoms with Gasteiger partial charge in [-0.05, 0) is 25.1 Å². The van der Waals surface area contributed by atoms with Gasteiger partial charge in [-0.2, -0.15) is 13.7 Å². The predicted molar refractivity (Wildman–Crippen MR) is 65.2 cm³/mol. The first-order valence-corrected chi connectivity index (χ1v) is 6.65. The van der Waals surface area contributed by atoms with Gasteiger partial charge in [0.05, 0.1) is 17.4 Å². The quantitative estimate of drug-likeness (QED) is 0.890. The maximum absolute atomic E-state index is 13.1. The molecule has 1 heterocycles. The van der Waals surface area contributed by atoms with Gasteiger partial charge in [0, 0.05) is 0 Å². The van der Waals surface area contributed by atoms with Crippen molar-refractivity contribution in [3.63, 3.8) is 0 Å². The lowest BCUT2D eigenvalue weighted by Crippen LogP contribution is -2.13. The number of benzene rings is 1. The highest BCUT2D eigenvalue weighted by molar-refractivity contribution is 7.92. The number of nitrogens with zero attached hydrogens (tertiary/aromatic N) is 2. The smallest absolute Gasteiger partial charge is 0.278 e. The molecule has 0 atom stereocenters. The van der Waals surface area contributed by atoms with Crippen LogP contribution < -0.4 is 4.72 Å². The lowest BCUT2D eigenvalue weighted by molar-refractivity contribution is 0.598. The van der Waals surface area contributed by atoms with Gasteiger partial charge in [0.2, 0.25) is 0 Å². The van der Waals surface area contributed by atoms with Gasteiger partial charge in [-0.3, -0.25) is 4.72 Å². The number of aromatic amines is 1. The van der Waals surface area contributed by atoms with E-state index in [1.54, 1.807) is 13.0 Å². The van der Waals surface area contributed by atoms with Gasteiger partial charge in [0.15, 0.2) is 5.03 Å². The molecule has 0 aliphatic heterocycles. The van der Waals surface area contributed by atoms with Crippen LogP contribution >= 0.6 is 0 Å². The number of anilines is 1. The summed E-state index contributed by atoms with van der Waals surface area (Å²) in [6.07, 6.45) is 1.17. The summed E-state index contributed by atoms with van der Waals surface area (Å²) in [4.78, 5) is 6.36. The molecule has 0 aliphatic carbocycles. The Kier molecular flexibility index (Phi) is 3.23. The Morgan fingerprint density at radius 1 is 1.47 bits per heavy atom. The normalized spacial score (nSPS) is 11.0. The number of aromatic nitrogens is 2. The van der Waals surface area contributed by atoms with E-state index in [-0.39, 0.29) is 16.3 Å². The van der Waals surface area contributed by atoms with Crippen molar-refractivity contribution < 1.29 is 12.8 Å². The maximum Gasteiger partial charge on any atom is 0.278 e. The molecule has 2 rings (SSSR count). The molecule has 1 aromatic heterocycles. The van der Waals surface area contributed by atoms with E-state index < -0.39 is 15.8 Å². The molecule has 6 nitrogen and oxygen atoms in total. The Balaban J connectivity index is 2.34. The summed E-state index contributed by atoms with van der Waals surface area (Å²) in [7, 11) is -3.83. The molecule has 8 heteroatoms. The summed E-state index contributed by atoms with van der Waals surface area (Å²) in [5.41, 5.74) is -0.133. The van der Waals surface area contributed by atoms with Crippen LogP contribution in [0, 0.1) is 24.1 Å². The van der Waals surface area contributed by atoms with E-state index in [4.69, 9.17) is 5.26 Å². The van der Waals surface area contributed by atoms with Crippen LogP contribution in [-0.2, 0) is 10.0 Å². The minimum atomic E-state index is -3.83. The number of aryl methyl sites for hydroxylation is 1. The minimum absolute atomic E-state index is 0.102. The molecule has 0 unspecified atom stereocenters. The number of nitriles is 1. The Bertz CT molecular complexity index is 761. The molecule has 19 heavy (non-hydrogen) atoms. The lowest BCUT2D eigenvalue weighted by Gasteiger charge is -2.06. The molecule has 98 valence electrons. The molecule has 2 N–H and O–H groups in total. The van der Waals surface area contributed by atoms with E-state index in [9.17, 15) is 12.8 Å². The van der Waals surface area contributed by atoms with Gasteiger partial charge in [0.1, 0.15) is 17.7 Å². The molecule has 0 amide bonds. The zero-order valence-electron chi connectivity index (χ0n) is 9.81. The third-order valence-corrected chi connectivity index (χ3v) is 3.60. The van der Waals surface area contributed by atoms with Crippen molar-refractivity contribution >= 4 is 15.7 Å². The molecule has 1 aromatic carbocycles. The number of sulfonamides is 1. The molecule has 0 bridgehead atoms. The number of hydrogen-bond donors (Lipinski definition) is 2. The van der Waals surface area contributed by atoms with Crippen molar-refractivity contribution in [1.29, 1.82) is 5.26 Å². The van der Waals surface area contributed by atoms with Crippen molar-refractivity contribution in [2.24, 2.45) is 0 Å². The standard InChI is InChI=1S/C11H9FN4O2S/c1-7-14-6-11(15-7)19(17,18)16-9-2-3-10(12)8(4-9)5-13/h2-4,6,16H,1H3,(H,14,15). The van der Waals surface area contributed by atoms with Gasteiger partial charge in [-0.25, -0.2) is 9.37 Å². The molecular formula is C11H9FN4O2S. The molecule has 0 saturated heterocycles. The van der Waals surface area contributed by atoms with E-state index in [0.717, 1.165) is 12.1 Å². The number of rotatable bonds is 3. The van der Waals surface area contributed by atoms with Crippen LogP contribution in [-0.4, -0.2) is 18.4 Å². The zero-order chi connectivity index (χ0) is 14.0. The highest BCUT2D eigenvalue weighted by atomic mass is 32.2. The fourth-order valence-electron chi connectivity index (χ4n) is 1.42. The Morgan fingerprint density at radius 3 is 2.79 bits per heavy atom. The van der Waals surface area contributed by atoms with Crippen LogP contribution in [0.4, 0.5) is 10.1 Å². The fraction of sp³-hybridized carbons (Fsp3) is 0.0909. The van der Waals surface area contributed by atoms with Crippen molar-refractivity contribution in [3.8, 4) is 6.07 Å². The monoisotopic (exact) mass is 280 g/mol. The van der Waals surface area contributed by atoms with E-state index in [1.807, 2.05) is 0 Å². The maximum atomic E-state index is 13.1. The van der Waals surface area contributed by atoms with Crippen LogP contribution in [0.15, 0.2) is 29.4 Å². The number of halogens is 1. The van der Waals surface area contributed by atoms with Gasteiger partial charge >= 0.3 is 0 Å². The summed E-state index contributed by atoms with van der Waals surface area (Å²) in [6.45, 7) is 1.62. The first kappa shape index (κ1) is 13.0. The highest BCUT2D eigenvalue weighted by Crippen LogP contribution is 2.17. The van der Waals surface area contributed by atoms with E-state index in [2.05, 4.69) is 14.7 Å². The zero-order valence-corrected chi connectivity index (χ0v) is 10.6. The molecule has 0 saturated carbocycles. The van der Waals surface area contributed by atoms with Crippen molar-refractivity contribution in [2.75, 3.05) is 4.72 Å². The second-order valence-corrected chi connectivity index (χ2v) is 5.40. The summed E-state index contributed by atoms with van der Waals surface area (Å²) in [6, 6.07) is 5.01. The van der Waals surface area contributed by atoms with Crippen molar-refractivity contribution in [1.82, 2.24) is 9.97 Å². The van der Waals surface area contributed by atoms with Gasteiger partial charge < -0.3 is 4.98 Å². The van der Waals surface area contributed by atoms with E-state index in [1.165, 1.54) is 12.3 Å². The van der Waals surface area contributed by atoms with Crippen molar-refractivity contribution in [3.05, 3.63) is 41.6 Å². The summed E-state index contributed by atoms with van der Waals surface area (Å²) >= 11 is 0. The minimum Gasteiger partial charge on any atom is -0.332 e. The second-order valence-electron chi connectivity index (χ2n) is 3.74. The molecule has 0 fully saturated rings. The van der Waals surface area contributed by atoms with Crippen LogP contribution in [0.2, 0.25) is 0 Å². The highest BCUT2D eigenvalue weighted by Gasteiger charge is 2.17.